The minimum atomic E-state index is -0.600. The summed E-state index contributed by atoms with van der Waals surface area (Å²) in [6.07, 6.45) is 0.421. The second-order valence-corrected chi connectivity index (χ2v) is 5.48. The number of halogens is 1. The van der Waals surface area contributed by atoms with Crippen LogP contribution in [0, 0.1) is 12.7 Å². The summed E-state index contributed by atoms with van der Waals surface area (Å²) < 4.78 is 13.7. The van der Waals surface area contributed by atoms with Crippen LogP contribution in [0.25, 0.3) is 0 Å². The quantitative estimate of drug-likeness (QED) is 0.873. The maximum atomic E-state index is 13.7. The van der Waals surface area contributed by atoms with Gasteiger partial charge in [-0.15, -0.1) is 0 Å². The number of hydrogen-bond acceptors (Lipinski definition) is 2. The first-order valence-electron chi connectivity index (χ1n) is 6.71. The molecule has 2 N–H and O–H groups in total. The average molecular weight is 273 g/mol. The van der Waals surface area contributed by atoms with Crippen molar-refractivity contribution in [3.8, 4) is 0 Å². The predicted octanol–water partition coefficient (Wildman–Crippen LogP) is 3.54. The number of aryl methyl sites for hydroxylation is 1. The van der Waals surface area contributed by atoms with Crippen LogP contribution in [0.5, 0.6) is 0 Å². The molecule has 2 nitrogen and oxygen atoms in total. The molecule has 0 fully saturated rings. The topological polar surface area (TPSA) is 32.3 Å². The molecule has 106 valence electrons. The van der Waals surface area contributed by atoms with E-state index in [9.17, 15) is 9.50 Å². The van der Waals surface area contributed by atoms with Crippen LogP contribution in [0.3, 0.4) is 0 Å². The van der Waals surface area contributed by atoms with Gasteiger partial charge in [0.2, 0.25) is 0 Å². The van der Waals surface area contributed by atoms with Crippen molar-refractivity contribution in [1.82, 2.24) is 0 Å². The Hall–Kier alpha value is -1.87. The molecule has 0 bridgehead atoms. The second kappa shape index (κ2) is 6.06. The third-order valence-corrected chi connectivity index (χ3v) is 3.39. The van der Waals surface area contributed by atoms with Crippen molar-refractivity contribution < 1.29 is 9.50 Å². The van der Waals surface area contributed by atoms with Crippen molar-refractivity contribution in [3.05, 3.63) is 65.5 Å². The Morgan fingerprint density at radius 3 is 2.35 bits per heavy atom. The fourth-order valence-electron chi connectivity index (χ4n) is 2.19. The van der Waals surface area contributed by atoms with Crippen molar-refractivity contribution in [2.45, 2.75) is 25.8 Å². The van der Waals surface area contributed by atoms with E-state index in [1.807, 2.05) is 44.2 Å². The van der Waals surface area contributed by atoms with E-state index in [0.717, 1.165) is 5.69 Å². The Labute approximate surface area is 119 Å². The molecular formula is C17H20FNO. The normalized spacial score (nSPS) is 13.8. The zero-order chi connectivity index (χ0) is 14.6. The lowest BCUT2D eigenvalue weighted by Crippen LogP contribution is -2.41. The molecule has 0 saturated heterocycles. The van der Waals surface area contributed by atoms with Gasteiger partial charge in [0.05, 0.1) is 12.1 Å². The van der Waals surface area contributed by atoms with E-state index in [4.69, 9.17) is 0 Å². The zero-order valence-electron chi connectivity index (χ0n) is 11.9. The molecule has 2 rings (SSSR count). The van der Waals surface area contributed by atoms with Gasteiger partial charge in [-0.25, -0.2) is 4.39 Å². The molecule has 20 heavy (non-hydrogen) atoms. The molecule has 3 heteroatoms. The fraction of sp³-hybridized carbons (Fsp3) is 0.294. The minimum absolute atomic E-state index is 0.0742. The minimum Gasteiger partial charge on any atom is -0.394 e. The van der Waals surface area contributed by atoms with E-state index in [-0.39, 0.29) is 12.4 Å². The lowest BCUT2D eigenvalue weighted by atomic mass is 9.93. The Kier molecular flexibility index (Phi) is 4.40. The number of aliphatic hydroxyl groups excluding tert-OH is 1. The maximum Gasteiger partial charge on any atom is 0.126 e. The average Bonchev–Trinajstić information content (AvgIpc) is 2.44. The zero-order valence-corrected chi connectivity index (χ0v) is 11.9. The lowest BCUT2D eigenvalue weighted by Gasteiger charge is -2.30. The Bertz CT molecular complexity index is 567. The number of hydrogen-bond donors (Lipinski definition) is 2. The van der Waals surface area contributed by atoms with Gasteiger partial charge in [-0.05, 0) is 37.6 Å². The van der Waals surface area contributed by atoms with Gasteiger partial charge < -0.3 is 10.4 Å². The van der Waals surface area contributed by atoms with Crippen molar-refractivity contribution in [2.24, 2.45) is 0 Å². The molecule has 2 aromatic carbocycles. The predicted molar refractivity (Wildman–Crippen MR) is 80.4 cm³/mol. The first-order chi connectivity index (χ1) is 9.52. The van der Waals surface area contributed by atoms with Gasteiger partial charge in [0.25, 0.3) is 0 Å². The SMILES string of the molecule is Cc1ccc(NC(C)(CO)Cc2ccccc2F)cc1. The molecule has 0 radical (unpaired) electrons. The fourth-order valence-corrected chi connectivity index (χ4v) is 2.19. The van der Waals surface area contributed by atoms with E-state index in [1.54, 1.807) is 12.1 Å². The molecule has 0 aliphatic rings. The third kappa shape index (κ3) is 3.58. The Balaban J connectivity index is 2.17. The smallest absolute Gasteiger partial charge is 0.126 e. The molecule has 0 aliphatic carbocycles. The first kappa shape index (κ1) is 14.5. The number of anilines is 1. The van der Waals surface area contributed by atoms with Crippen LogP contribution in [0.1, 0.15) is 18.1 Å². The molecule has 0 saturated carbocycles. The van der Waals surface area contributed by atoms with Crippen molar-refractivity contribution in [2.75, 3.05) is 11.9 Å². The molecular weight excluding hydrogens is 253 g/mol. The number of nitrogens with one attached hydrogen (secondary N) is 1. The molecule has 0 aliphatic heterocycles. The lowest BCUT2D eigenvalue weighted by molar-refractivity contribution is 0.221. The van der Waals surface area contributed by atoms with Crippen LogP contribution >= 0.6 is 0 Å². The van der Waals surface area contributed by atoms with E-state index in [2.05, 4.69) is 5.32 Å². The van der Waals surface area contributed by atoms with Crippen molar-refractivity contribution in [1.29, 1.82) is 0 Å². The second-order valence-electron chi connectivity index (χ2n) is 5.48. The van der Waals surface area contributed by atoms with Crippen molar-refractivity contribution in [3.63, 3.8) is 0 Å². The molecule has 0 spiro atoms. The van der Waals surface area contributed by atoms with Crippen LogP contribution in [0.4, 0.5) is 10.1 Å². The molecule has 1 unspecified atom stereocenters. The molecule has 0 aromatic heterocycles. The van der Waals surface area contributed by atoms with Crippen LogP contribution in [0.15, 0.2) is 48.5 Å². The van der Waals surface area contributed by atoms with Gasteiger partial charge in [0.15, 0.2) is 0 Å². The standard InChI is InChI=1S/C17H20FNO/c1-13-7-9-15(10-8-13)19-17(2,12-20)11-14-5-3-4-6-16(14)18/h3-10,19-20H,11-12H2,1-2H3. The molecule has 0 amide bonds. The van der Waals surface area contributed by atoms with Gasteiger partial charge in [0.1, 0.15) is 5.82 Å². The molecule has 2 aromatic rings. The largest absolute Gasteiger partial charge is 0.394 e. The van der Waals surface area contributed by atoms with Crippen LogP contribution in [-0.4, -0.2) is 17.3 Å². The summed E-state index contributed by atoms with van der Waals surface area (Å²) in [6.45, 7) is 3.84. The summed E-state index contributed by atoms with van der Waals surface area (Å²) in [6, 6.07) is 14.6. The van der Waals surface area contributed by atoms with Crippen molar-refractivity contribution >= 4 is 5.69 Å². The highest BCUT2D eigenvalue weighted by atomic mass is 19.1. The summed E-state index contributed by atoms with van der Waals surface area (Å²) in [7, 11) is 0. The maximum absolute atomic E-state index is 13.7. The number of rotatable bonds is 5. The van der Waals surface area contributed by atoms with Gasteiger partial charge in [-0.3, -0.25) is 0 Å². The Morgan fingerprint density at radius 1 is 1.10 bits per heavy atom. The van der Waals surface area contributed by atoms with E-state index in [1.165, 1.54) is 11.6 Å². The highest BCUT2D eigenvalue weighted by molar-refractivity contribution is 5.47. The van der Waals surface area contributed by atoms with Crippen LogP contribution < -0.4 is 5.32 Å². The highest BCUT2D eigenvalue weighted by Gasteiger charge is 2.24. The van der Waals surface area contributed by atoms with Gasteiger partial charge in [0, 0.05) is 12.1 Å². The van der Waals surface area contributed by atoms with E-state index < -0.39 is 5.54 Å². The first-order valence-corrected chi connectivity index (χ1v) is 6.71. The van der Waals surface area contributed by atoms with Gasteiger partial charge in [-0.2, -0.15) is 0 Å². The Morgan fingerprint density at radius 2 is 1.75 bits per heavy atom. The summed E-state index contributed by atoms with van der Waals surface area (Å²) in [5, 5.41) is 13.0. The van der Waals surface area contributed by atoms with E-state index >= 15 is 0 Å². The van der Waals surface area contributed by atoms with Gasteiger partial charge >= 0.3 is 0 Å². The third-order valence-electron chi connectivity index (χ3n) is 3.39. The number of benzene rings is 2. The molecule has 0 heterocycles. The van der Waals surface area contributed by atoms with Crippen LogP contribution in [0.2, 0.25) is 0 Å². The summed E-state index contributed by atoms with van der Waals surface area (Å²) >= 11 is 0. The summed E-state index contributed by atoms with van der Waals surface area (Å²) in [4.78, 5) is 0. The summed E-state index contributed by atoms with van der Waals surface area (Å²) in [5.74, 6) is -0.238. The monoisotopic (exact) mass is 273 g/mol. The van der Waals surface area contributed by atoms with E-state index in [0.29, 0.717) is 12.0 Å². The van der Waals surface area contributed by atoms with Gasteiger partial charge in [-0.1, -0.05) is 35.9 Å². The highest BCUT2D eigenvalue weighted by Crippen LogP contribution is 2.21. The molecule has 1 atom stereocenters. The van der Waals surface area contributed by atoms with Crippen LogP contribution in [-0.2, 0) is 6.42 Å². The summed E-state index contributed by atoms with van der Waals surface area (Å²) in [5.41, 5.74) is 2.10. The number of aliphatic hydroxyl groups is 1.